The molecule has 0 aliphatic carbocycles. The van der Waals surface area contributed by atoms with E-state index < -0.39 is 11.9 Å². The van der Waals surface area contributed by atoms with Gasteiger partial charge in [-0.2, -0.15) is 0 Å². The van der Waals surface area contributed by atoms with Crippen molar-refractivity contribution in [2.75, 3.05) is 27.2 Å². The first kappa shape index (κ1) is 19.5. The van der Waals surface area contributed by atoms with Crippen molar-refractivity contribution in [1.82, 2.24) is 20.6 Å². The van der Waals surface area contributed by atoms with Gasteiger partial charge in [-0.25, -0.2) is 5.10 Å². The first-order valence-corrected chi connectivity index (χ1v) is 9.77. The number of aromatic amines is 1. The highest BCUT2D eigenvalue weighted by Crippen LogP contribution is 2.32. The van der Waals surface area contributed by atoms with Crippen LogP contribution >= 0.6 is 0 Å². The highest BCUT2D eigenvalue weighted by Gasteiger charge is 2.33. The molecule has 1 aliphatic heterocycles. The van der Waals surface area contributed by atoms with Gasteiger partial charge in [0.15, 0.2) is 5.82 Å². The van der Waals surface area contributed by atoms with Crippen LogP contribution in [0.5, 0.6) is 0 Å². The van der Waals surface area contributed by atoms with Gasteiger partial charge in [-0.05, 0) is 34.4 Å². The number of likely N-dealkylation sites (tertiary alicyclic amines) is 1. The smallest absolute Gasteiger partial charge is 0.307 e. The highest BCUT2D eigenvalue weighted by molar-refractivity contribution is 5.71. The maximum Gasteiger partial charge on any atom is 0.307 e. The molecule has 2 heterocycles. The highest BCUT2D eigenvalue weighted by atomic mass is 16.4. The number of aliphatic carboxylic acids is 1. The minimum absolute atomic E-state index is 0.259. The number of rotatable bonds is 8. The summed E-state index contributed by atoms with van der Waals surface area (Å²) in [4.78, 5) is 11.8. The third-order valence-corrected chi connectivity index (χ3v) is 5.82. The zero-order chi connectivity index (χ0) is 19.4. The maximum atomic E-state index is 11.8. The van der Waals surface area contributed by atoms with Gasteiger partial charge in [0.2, 0.25) is 0 Å². The summed E-state index contributed by atoms with van der Waals surface area (Å²) in [6.45, 7) is 4.38. The van der Waals surface area contributed by atoms with Crippen LogP contribution in [0.2, 0.25) is 0 Å². The molecule has 1 saturated heterocycles. The predicted octanol–water partition coefficient (Wildman–Crippen LogP) is 2.59. The van der Waals surface area contributed by atoms with E-state index in [1.165, 1.54) is 25.1 Å². The monoisotopic (exact) mass is 372 g/mol. The van der Waals surface area contributed by atoms with Crippen molar-refractivity contribution in [3.63, 3.8) is 0 Å². The number of likely N-dealkylation sites (N-methyl/N-ethyl adjacent to an activating group) is 1. The summed E-state index contributed by atoms with van der Waals surface area (Å²) < 4.78 is 1.07. The molecular formula is C20H30N5O2+. The van der Waals surface area contributed by atoms with Crippen LogP contribution < -0.4 is 0 Å². The van der Waals surface area contributed by atoms with Gasteiger partial charge in [-0.15, -0.1) is 5.10 Å². The van der Waals surface area contributed by atoms with E-state index in [0.29, 0.717) is 24.6 Å². The fraction of sp³-hybridized carbons (Fsp3) is 0.600. The average Bonchev–Trinajstić information content (AvgIpc) is 3.28. The lowest BCUT2D eigenvalue weighted by Gasteiger charge is -2.23. The maximum absolute atomic E-state index is 11.8. The molecule has 7 heteroatoms. The molecule has 3 rings (SSSR count). The zero-order valence-electron chi connectivity index (χ0n) is 16.4. The second-order valence-corrected chi connectivity index (χ2v) is 8.40. The Hall–Kier alpha value is -2.28. The Labute approximate surface area is 160 Å². The summed E-state index contributed by atoms with van der Waals surface area (Å²) >= 11 is 0. The van der Waals surface area contributed by atoms with Gasteiger partial charge >= 0.3 is 5.97 Å². The summed E-state index contributed by atoms with van der Waals surface area (Å²) in [5.74, 6) is -0.395. The summed E-state index contributed by atoms with van der Waals surface area (Å²) in [6, 6.07) is 8.68. The third-order valence-electron chi connectivity index (χ3n) is 5.82. The van der Waals surface area contributed by atoms with Gasteiger partial charge in [-0.3, -0.25) is 4.79 Å². The molecule has 1 aromatic heterocycles. The van der Waals surface area contributed by atoms with E-state index in [0.717, 1.165) is 16.5 Å². The molecule has 0 amide bonds. The molecule has 7 nitrogen and oxygen atoms in total. The number of benzene rings is 1. The number of quaternary nitrogens is 1. The van der Waals surface area contributed by atoms with Crippen molar-refractivity contribution in [2.45, 2.75) is 44.4 Å². The van der Waals surface area contributed by atoms with Crippen LogP contribution in [0.15, 0.2) is 24.3 Å². The van der Waals surface area contributed by atoms with Crippen LogP contribution in [0.3, 0.4) is 0 Å². The lowest BCUT2D eigenvalue weighted by Crippen LogP contribution is -2.36. The number of tetrazole rings is 1. The molecular weight excluding hydrogens is 342 g/mol. The van der Waals surface area contributed by atoms with Gasteiger partial charge in [-0.1, -0.05) is 37.6 Å². The molecule has 0 bridgehead atoms. The van der Waals surface area contributed by atoms with Crippen LogP contribution in [-0.4, -0.2) is 63.4 Å². The Morgan fingerprint density at radius 2 is 2.07 bits per heavy atom. The quantitative estimate of drug-likeness (QED) is 0.695. The van der Waals surface area contributed by atoms with E-state index in [1.807, 2.05) is 6.92 Å². The molecule has 2 aromatic rings. The standard InChI is InChI=1S/C20H29N5O2/c1-4-5-17(20(26)27)18(19-21-23-24-22-19)12-14-6-8-15(9-7-14)16-10-11-25(2,3)13-16/h6-9,16-18H,4-5,10-13H2,1-3H3,(H-,21,22,23,24,26,27)/p+1/t16?,17-,18-/m0/s1. The summed E-state index contributed by atoms with van der Waals surface area (Å²) in [6.07, 6.45) is 3.24. The second kappa shape index (κ2) is 8.17. The summed E-state index contributed by atoms with van der Waals surface area (Å²) in [5, 5.41) is 23.8. The van der Waals surface area contributed by atoms with Crippen LogP contribution in [0.4, 0.5) is 0 Å². The van der Waals surface area contributed by atoms with Crippen molar-refractivity contribution in [1.29, 1.82) is 0 Å². The molecule has 1 unspecified atom stereocenters. The first-order chi connectivity index (χ1) is 12.9. The molecule has 1 aliphatic rings. The van der Waals surface area contributed by atoms with E-state index in [9.17, 15) is 9.90 Å². The zero-order valence-corrected chi connectivity index (χ0v) is 16.4. The van der Waals surface area contributed by atoms with Crippen LogP contribution in [0.1, 0.15) is 55.0 Å². The normalized spacial score (nSPS) is 21.1. The molecule has 2 N–H and O–H groups in total. The van der Waals surface area contributed by atoms with Crippen molar-refractivity contribution >= 4 is 5.97 Å². The molecule has 0 radical (unpaired) electrons. The molecule has 1 fully saturated rings. The minimum Gasteiger partial charge on any atom is -0.481 e. The largest absolute Gasteiger partial charge is 0.481 e. The van der Waals surface area contributed by atoms with Gasteiger partial charge < -0.3 is 9.59 Å². The lowest BCUT2D eigenvalue weighted by atomic mass is 9.83. The minimum atomic E-state index is -0.791. The number of H-pyrrole nitrogens is 1. The summed E-state index contributed by atoms with van der Waals surface area (Å²) in [5.41, 5.74) is 2.50. The van der Waals surface area contributed by atoms with Crippen LogP contribution in [0.25, 0.3) is 0 Å². The number of carbonyl (C=O) groups is 1. The number of nitrogens with one attached hydrogen (secondary N) is 1. The third kappa shape index (κ3) is 4.71. The van der Waals surface area contributed by atoms with E-state index in [-0.39, 0.29) is 5.92 Å². The topological polar surface area (TPSA) is 91.8 Å². The Morgan fingerprint density at radius 1 is 1.33 bits per heavy atom. The lowest BCUT2D eigenvalue weighted by molar-refractivity contribution is -0.878. The number of hydrogen-bond donors (Lipinski definition) is 2. The molecule has 0 spiro atoms. The second-order valence-electron chi connectivity index (χ2n) is 8.40. The SMILES string of the molecule is CCC[C@H](C(=O)O)[C@H](Cc1ccc(C2CC[N+](C)(C)C2)cc1)c1nnn[nH]1. The molecule has 0 saturated carbocycles. The van der Waals surface area contributed by atoms with Crippen molar-refractivity contribution < 1.29 is 14.4 Å². The molecule has 27 heavy (non-hydrogen) atoms. The molecule has 146 valence electrons. The van der Waals surface area contributed by atoms with Crippen LogP contribution in [0, 0.1) is 5.92 Å². The Bertz CT molecular complexity index is 742. The van der Waals surface area contributed by atoms with Gasteiger partial charge in [0.25, 0.3) is 0 Å². The van der Waals surface area contributed by atoms with Crippen molar-refractivity contribution in [2.24, 2.45) is 5.92 Å². The van der Waals surface area contributed by atoms with E-state index in [1.54, 1.807) is 0 Å². The number of carboxylic acids is 1. The fourth-order valence-electron chi connectivity index (χ4n) is 4.30. The molecule has 3 atom stereocenters. The number of carboxylic acid groups (broad SMARTS) is 1. The van der Waals surface area contributed by atoms with Gasteiger partial charge in [0.05, 0.1) is 33.1 Å². The van der Waals surface area contributed by atoms with Crippen LogP contribution in [-0.2, 0) is 11.2 Å². The number of nitrogens with zero attached hydrogens (tertiary/aromatic N) is 4. The van der Waals surface area contributed by atoms with Gasteiger partial charge in [0, 0.05) is 18.3 Å². The van der Waals surface area contributed by atoms with E-state index in [4.69, 9.17) is 0 Å². The Morgan fingerprint density at radius 3 is 2.59 bits per heavy atom. The Kier molecular flexibility index (Phi) is 5.89. The Balaban J connectivity index is 1.77. The number of hydrogen-bond acceptors (Lipinski definition) is 4. The number of aromatic nitrogens is 4. The average molecular weight is 372 g/mol. The fourth-order valence-corrected chi connectivity index (χ4v) is 4.30. The summed E-state index contributed by atoms with van der Waals surface area (Å²) in [7, 11) is 4.56. The van der Waals surface area contributed by atoms with E-state index in [2.05, 4.69) is 59.0 Å². The van der Waals surface area contributed by atoms with E-state index >= 15 is 0 Å². The molecule has 1 aromatic carbocycles. The van der Waals surface area contributed by atoms with Crippen molar-refractivity contribution in [3.05, 3.63) is 41.2 Å². The van der Waals surface area contributed by atoms with Crippen molar-refractivity contribution in [3.8, 4) is 0 Å². The first-order valence-electron chi connectivity index (χ1n) is 9.77. The van der Waals surface area contributed by atoms with Gasteiger partial charge in [0.1, 0.15) is 0 Å². The predicted molar refractivity (Wildman–Crippen MR) is 102 cm³/mol.